The van der Waals surface area contributed by atoms with Gasteiger partial charge in [0.15, 0.2) is 5.54 Å². The summed E-state index contributed by atoms with van der Waals surface area (Å²) in [6, 6.07) is 22.3. The Morgan fingerprint density at radius 3 is 2.48 bits per heavy atom. The van der Waals surface area contributed by atoms with E-state index in [4.69, 9.17) is 4.74 Å². The van der Waals surface area contributed by atoms with Crippen molar-refractivity contribution >= 4 is 22.8 Å². The highest BCUT2D eigenvalue weighted by Gasteiger charge is 2.45. The summed E-state index contributed by atoms with van der Waals surface area (Å²) < 4.78 is 5.50. The van der Waals surface area contributed by atoms with Crippen LogP contribution >= 0.6 is 0 Å². The summed E-state index contributed by atoms with van der Waals surface area (Å²) in [6.07, 6.45) is 3.54. The van der Waals surface area contributed by atoms with E-state index in [1.165, 1.54) is 0 Å². The molecule has 0 aliphatic rings. The maximum Gasteiger partial charge on any atom is 0.337 e. The van der Waals surface area contributed by atoms with Crippen LogP contribution in [-0.2, 0) is 21.5 Å². The first-order chi connectivity index (χ1) is 15.1. The monoisotopic (exact) mass is 413 g/mol. The van der Waals surface area contributed by atoms with Crippen molar-refractivity contribution < 1.29 is 14.3 Å². The third kappa shape index (κ3) is 4.05. The Bertz CT molecular complexity index is 1190. The maximum absolute atomic E-state index is 13.5. The van der Waals surface area contributed by atoms with Crippen molar-refractivity contribution in [1.29, 1.82) is 0 Å². The number of pyridine rings is 1. The lowest BCUT2D eigenvalue weighted by molar-refractivity contribution is -0.151. The van der Waals surface area contributed by atoms with E-state index < -0.39 is 17.4 Å². The van der Waals surface area contributed by atoms with Gasteiger partial charge < -0.3 is 15.0 Å². The fourth-order valence-electron chi connectivity index (χ4n) is 3.78. The van der Waals surface area contributed by atoms with Gasteiger partial charge >= 0.3 is 5.97 Å². The summed E-state index contributed by atoms with van der Waals surface area (Å²) in [6.45, 7) is 1.94. The lowest BCUT2D eigenvalue weighted by atomic mass is 9.83. The van der Waals surface area contributed by atoms with Gasteiger partial charge in [-0.3, -0.25) is 9.78 Å². The van der Waals surface area contributed by atoms with Crippen LogP contribution in [0.5, 0.6) is 0 Å². The molecule has 0 saturated carbocycles. The van der Waals surface area contributed by atoms with Crippen molar-refractivity contribution in [2.45, 2.75) is 18.9 Å². The molecule has 0 fully saturated rings. The number of ether oxygens (including phenoxy) is 1. The van der Waals surface area contributed by atoms with E-state index in [-0.39, 0.29) is 18.7 Å². The van der Waals surface area contributed by atoms with Crippen LogP contribution in [0, 0.1) is 0 Å². The van der Waals surface area contributed by atoms with Crippen LogP contribution in [0.25, 0.3) is 10.9 Å². The molecule has 0 spiro atoms. The number of hydrogen-bond acceptors (Lipinski definition) is 4. The number of benzene rings is 2. The summed E-state index contributed by atoms with van der Waals surface area (Å²) in [4.78, 5) is 34.1. The molecule has 4 rings (SSSR count). The van der Waals surface area contributed by atoms with Gasteiger partial charge in [0.05, 0.1) is 6.61 Å². The van der Waals surface area contributed by atoms with Gasteiger partial charge in [-0.05, 0) is 30.7 Å². The van der Waals surface area contributed by atoms with E-state index in [0.717, 1.165) is 16.5 Å². The number of carbonyl (C=O) groups excluding carboxylic acids is 2. The molecule has 2 N–H and O–H groups in total. The van der Waals surface area contributed by atoms with Crippen molar-refractivity contribution in [2.24, 2.45) is 0 Å². The standard InChI is InChI=1S/C25H23N3O3/c1-2-31-24(30)25(16-18-10-4-3-5-11-18,28-23(29)22-14-8-9-15-26-22)20-17-27-21-13-7-6-12-19(20)21/h3-15,17,27H,2,16H2,1H3,(H,28,29). The predicted octanol–water partition coefficient (Wildman–Crippen LogP) is 3.99. The third-order valence-corrected chi connectivity index (χ3v) is 5.21. The number of fused-ring (bicyclic) bond motifs is 1. The minimum atomic E-state index is -1.44. The average Bonchev–Trinajstić information content (AvgIpc) is 3.24. The van der Waals surface area contributed by atoms with E-state index in [1.54, 1.807) is 37.5 Å². The quantitative estimate of drug-likeness (QED) is 0.449. The molecule has 0 aliphatic heterocycles. The molecule has 6 heteroatoms. The third-order valence-electron chi connectivity index (χ3n) is 5.21. The number of esters is 1. The van der Waals surface area contributed by atoms with Crippen molar-refractivity contribution in [3.8, 4) is 0 Å². The van der Waals surface area contributed by atoms with E-state index in [2.05, 4.69) is 15.3 Å². The van der Waals surface area contributed by atoms with Gasteiger partial charge in [0.2, 0.25) is 0 Å². The van der Waals surface area contributed by atoms with Gasteiger partial charge in [-0.25, -0.2) is 4.79 Å². The lowest BCUT2D eigenvalue weighted by Crippen LogP contribution is -2.54. The fourth-order valence-corrected chi connectivity index (χ4v) is 3.78. The molecule has 31 heavy (non-hydrogen) atoms. The molecule has 0 bridgehead atoms. The molecule has 4 aromatic rings. The Morgan fingerprint density at radius 1 is 1.00 bits per heavy atom. The summed E-state index contributed by atoms with van der Waals surface area (Å²) in [5, 5.41) is 3.82. The van der Waals surface area contributed by atoms with Gasteiger partial charge in [0.25, 0.3) is 5.91 Å². The van der Waals surface area contributed by atoms with Crippen molar-refractivity contribution in [3.63, 3.8) is 0 Å². The van der Waals surface area contributed by atoms with Crippen LogP contribution in [0.2, 0.25) is 0 Å². The zero-order valence-corrected chi connectivity index (χ0v) is 17.2. The molecule has 0 aliphatic carbocycles. The lowest BCUT2D eigenvalue weighted by Gasteiger charge is -2.32. The second-order valence-electron chi connectivity index (χ2n) is 7.21. The number of rotatable bonds is 7. The number of nitrogens with one attached hydrogen (secondary N) is 2. The predicted molar refractivity (Wildman–Crippen MR) is 118 cm³/mol. The number of hydrogen-bond donors (Lipinski definition) is 2. The van der Waals surface area contributed by atoms with E-state index in [1.807, 2.05) is 54.6 Å². The number of nitrogens with zero attached hydrogens (tertiary/aromatic N) is 1. The second kappa shape index (κ2) is 8.83. The first kappa shape index (κ1) is 20.3. The average molecular weight is 413 g/mol. The van der Waals surface area contributed by atoms with Crippen molar-refractivity contribution in [3.05, 3.63) is 102 Å². The maximum atomic E-state index is 13.5. The molecule has 1 amide bonds. The number of para-hydroxylation sites is 1. The smallest absolute Gasteiger partial charge is 0.337 e. The van der Waals surface area contributed by atoms with Crippen LogP contribution in [0.15, 0.2) is 85.2 Å². The number of aromatic amines is 1. The van der Waals surface area contributed by atoms with Crippen LogP contribution < -0.4 is 5.32 Å². The van der Waals surface area contributed by atoms with Crippen molar-refractivity contribution in [1.82, 2.24) is 15.3 Å². The largest absolute Gasteiger partial charge is 0.464 e. The molecular weight excluding hydrogens is 390 g/mol. The van der Waals surface area contributed by atoms with Gasteiger partial charge in [0.1, 0.15) is 5.69 Å². The molecule has 2 heterocycles. The van der Waals surface area contributed by atoms with Crippen LogP contribution in [0.1, 0.15) is 28.5 Å². The highest BCUT2D eigenvalue weighted by atomic mass is 16.5. The minimum absolute atomic E-state index is 0.192. The molecular formula is C25H23N3O3. The van der Waals surface area contributed by atoms with E-state index >= 15 is 0 Å². The van der Waals surface area contributed by atoms with Crippen molar-refractivity contribution in [2.75, 3.05) is 6.61 Å². The fraction of sp³-hybridized carbons (Fsp3) is 0.160. The minimum Gasteiger partial charge on any atom is -0.464 e. The molecule has 0 saturated heterocycles. The molecule has 2 aromatic heterocycles. The zero-order valence-electron chi connectivity index (χ0n) is 17.2. The zero-order chi connectivity index (χ0) is 21.7. The summed E-state index contributed by atoms with van der Waals surface area (Å²) >= 11 is 0. The first-order valence-electron chi connectivity index (χ1n) is 10.2. The van der Waals surface area contributed by atoms with Crippen LogP contribution in [0.4, 0.5) is 0 Å². The topological polar surface area (TPSA) is 84.1 Å². The molecule has 1 unspecified atom stereocenters. The molecule has 156 valence electrons. The number of aromatic nitrogens is 2. The van der Waals surface area contributed by atoms with Crippen LogP contribution in [0.3, 0.4) is 0 Å². The molecule has 0 radical (unpaired) electrons. The summed E-state index contributed by atoms with van der Waals surface area (Å²) in [5.41, 5.74) is 1.19. The molecule has 6 nitrogen and oxygen atoms in total. The van der Waals surface area contributed by atoms with E-state index in [9.17, 15) is 9.59 Å². The number of H-pyrrole nitrogens is 1. The Labute approximate surface area is 180 Å². The van der Waals surface area contributed by atoms with Gasteiger partial charge in [0, 0.05) is 35.3 Å². The Balaban J connectivity index is 1.89. The van der Waals surface area contributed by atoms with Gasteiger partial charge in [-0.2, -0.15) is 0 Å². The Morgan fingerprint density at radius 2 is 1.74 bits per heavy atom. The van der Waals surface area contributed by atoms with Crippen LogP contribution in [-0.4, -0.2) is 28.5 Å². The highest BCUT2D eigenvalue weighted by molar-refractivity contribution is 6.00. The molecule has 1 atom stereocenters. The normalized spacial score (nSPS) is 12.8. The summed E-state index contributed by atoms with van der Waals surface area (Å²) in [5.74, 6) is -0.970. The van der Waals surface area contributed by atoms with Gasteiger partial charge in [-0.1, -0.05) is 54.6 Å². The highest BCUT2D eigenvalue weighted by Crippen LogP contribution is 2.34. The Kier molecular flexibility index (Phi) is 5.80. The van der Waals surface area contributed by atoms with E-state index in [0.29, 0.717) is 5.56 Å². The SMILES string of the molecule is CCOC(=O)C(Cc1ccccc1)(NC(=O)c1ccccn1)c1c[nH]c2ccccc12. The Hall–Kier alpha value is -3.93. The number of carbonyl (C=O) groups is 2. The molecule has 2 aromatic carbocycles. The second-order valence-corrected chi connectivity index (χ2v) is 7.21. The summed E-state index contributed by atoms with van der Waals surface area (Å²) in [7, 11) is 0. The first-order valence-corrected chi connectivity index (χ1v) is 10.2. The number of amides is 1. The van der Waals surface area contributed by atoms with Gasteiger partial charge in [-0.15, -0.1) is 0 Å².